The standard InChI is InChI=1S/C42H26S.C24H17BO2.C18H11BrS/c1-2-12-28-25-31(24-23-27(28)11-1)41-36-18-5-3-16-34(36)40(35-17-4-6-19-37(35)41)30-14-9-13-29(26-30)32-20-10-21-38-33-15-7-8-22-39(33)43-42(32)38;26-25(27)24-21-11-5-3-9-19(21)23(20-10-4-6-12-22(20)24)18-14-13-16-7-1-2-8-17(16)15-18;19-13-6-3-5-12(11-13)14-8-4-9-16-15-7-1-2-10-17(15)20-18(14)16/h1-26H;1-15,26-27H;1-11H. The highest BCUT2D eigenvalue weighted by atomic mass is 79.9. The van der Waals surface area contributed by atoms with Gasteiger partial charge in [-0.15, -0.1) is 22.7 Å². The van der Waals surface area contributed by atoms with Gasteiger partial charge < -0.3 is 10.0 Å². The molecule has 2 heterocycles. The number of halogens is 1. The van der Waals surface area contributed by atoms with Crippen molar-refractivity contribution in [2.24, 2.45) is 0 Å². The summed E-state index contributed by atoms with van der Waals surface area (Å²) in [6.45, 7) is 0. The second-order valence-corrected chi connectivity index (χ2v) is 25.9. The van der Waals surface area contributed by atoms with Crippen LogP contribution in [0.1, 0.15) is 0 Å². The zero-order valence-electron chi connectivity index (χ0n) is 48.7. The fraction of sp³-hybridized carbons (Fsp3) is 0. The Morgan fingerprint density at radius 1 is 0.244 bits per heavy atom. The van der Waals surface area contributed by atoms with Gasteiger partial charge in [0.2, 0.25) is 0 Å². The van der Waals surface area contributed by atoms with Crippen LogP contribution < -0.4 is 5.46 Å². The summed E-state index contributed by atoms with van der Waals surface area (Å²) < 4.78 is 6.52. The van der Waals surface area contributed by atoms with Crippen molar-refractivity contribution < 1.29 is 10.0 Å². The average Bonchev–Trinajstić information content (AvgIpc) is 1.15. The molecule has 0 fully saturated rings. The summed E-state index contributed by atoms with van der Waals surface area (Å²) in [6, 6.07) is 112. The lowest BCUT2D eigenvalue weighted by Gasteiger charge is -2.18. The third-order valence-corrected chi connectivity index (χ3v) is 20.6. The Bertz CT molecular complexity index is 5710. The Kier molecular flexibility index (Phi) is 14.4. The Balaban J connectivity index is 0.000000118. The first-order valence-electron chi connectivity index (χ1n) is 30.3. The lowest BCUT2D eigenvalue weighted by molar-refractivity contribution is 0.426. The summed E-state index contributed by atoms with van der Waals surface area (Å²) in [5, 5.41) is 39.4. The molecule has 90 heavy (non-hydrogen) atoms. The molecule has 0 aliphatic rings. The minimum absolute atomic E-state index is 0.561. The van der Waals surface area contributed by atoms with Gasteiger partial charge in [-0.05, 0) is 168 Å². The van der Waals surface area contributed by atoms with Crippen molar-refractivity contribution in [3.05, 3.63) is 320 Å². The SMILES string of the molecule is Brc1cccc(-c2cccc3c2sc2ccccc23)c1.OB(O)c1c2ccccc2c(-c2ccc3ccccc3c2)c2ccccc12.c1cc(-c2c3ccccc3c(-c3ccc4ccccc4c3)c3ccccc23)cc(-c2cccc3c2sc2ccccc23)c1. The number of hydrogen-bond acceptors (Lipinski definition) is 4. The largest absolute Gasteiger partial charge is 0.489 e. The molecule has 0 saturated carbocycles. The van der Waals surface area contributed by atoms with Crippen LogP contribution in [0.5, 0.6) is 0 Å². The lowest BCUT2D eigenvalue weighted by atomic mass is 9.72. The predicted molar refractivity (Wildman–Crippen MR) is 395 cm³/mol. The molecule has 0 aliphatic heterocycles. The third-order valence-electron chi connectivity index (χ3n) is 17.6. The van der Waals surface area contributed by atoms with Crippen LogP contribution in [-0.2, 0) is 0 Å². The van der Waals surface area contributed by atoms with E-state index in [1.807, 2.05) is 71.2 Å². The minimum Gasteiger partial charge on any atom is -0.423 e. The number of thiophene rings is 2. The molecule has 18 rings (SSSR count). The number of hydrogen-bond donors (Lipinski definition) is 2. The highest BCUT2D eigenvalue weighted by molar-refractivity contribution is 9.10. The van der Waals surface area contributed by atoms with Crippen LogP contribution in [-0.4, -0.2) is 17.2 Å². The number of fused-ring (bicyclic) bond motifs is 12. The molecule has 424 valence electrons. The summed E-state index contributed by atoms with van der Waals surface area (Å²) in [4.78, 5) is 0. The van der Waals surface area contributed by atoms with Crippen LogP contribution in [0.3, 0.4) is 0 Å². The van der Waals surface area contributed by atoms with Crippen molar-refractivity contribution in [1.82, 2.24) is 0 Å². The molecule has 0 unspecified atom stereocenters. The Morgan fingerprint density at radius 2 is 0.567 bits per heavy atom. The predicted octanol–water partition coefficient (Wildman–Crippen LogP) is 23.5. The first-order valence-corrected chi connectivity index (χ1v) is 32.7. The molecular formula is C84H54BBrO2S2. The first-order chi connectivity index (χ1) is 44.4. The molecular weight excluding hydrogens is 1200 g/mol. The van der Waals surface area contributed by atoms with Crippen molar-refractivity contribution in [2.45, 2.75) is 0 Å². The van der Waals surface area contributed by atoms with Gasteiger partial charge in [0.15, 0.2) is 0 Å². The average molecular weight is 1250 g/mol. The Morgan fingerprint density at radius 3 is 1.00 bits per heavy atom. The molecule has 2 nitrogen and oxygen atoms in total. The fourth-order valence-electron chi connectivity index (χ4n) is 13.6. The van der Waals surface area contributed by atoms with Gasteiger partial charge >= 0.3 is 7.12 Å². The van der Waals surface area contributed by atoms with Crippen LogP contribution in [0.25, 0.3) is 161 Å². The maximum absolute atomic E-state index is 10.1. The molecule has 0 spiro atoms. The maximum atomic E-state index is 10.1. The highest BCUT2D eigenvalue weighted by Gasteiger charge is 2.23. The van der Waals surface area contributed by atoms with E-state index in [9.17, 15) is 10.0 Å². The van der Waals surface area contributed by atoms with E-state index in [1.165, 1.54) is 128 Å². The van der Waals surface area contributed by atoms with Crippen LogP contribution in [0.2, 0.25) is 0 Å². The van der Waals surface area contributed by atoms with Crippen LogP contribution in [0.4, 0.5) is 0 Å². The van der Waals surface area contributed by atoms with Gasteiger partial charge in [-0.1, -0.05) is 289 Å². The molecule has 0 saturated heterocycles. The second kappa shape index (κ2) is 23.5. The van der Waals surface area contributed by atoms with E-state index in [-0.39, 0.29) is 0 Å². The van der Waals surface area contributed by atoms with Crippen molar-refractivity contribution in [3.63, 3.8) is 0 Å². The van der Waals surface area contributed by atoms with E-state index in [0.29, 0.717) is 5.46 Å². The Hall–Kier alpha value is -10.0. The maximum Gasteiger partial charge on any atom is 0.489 e. The molecule has 6 heteroatoms. The topological polar surface area (TPSA) is 40.5 Å². The molecule has 0 atom stereocenters. The van der Waals surface area contributed by atoms with Gasteiger partial charge in [-0.2, -0.15) is 0 Å². The van der Waals surface area contributed by atoms with E-state index < -0.39 is 7.12 Å². The normalized spacial score (nSPS) is 11.5. The van der Waals surface area contributed by atoms with Gasteiger partial charge in [0.25, 0.3) is 0 Å². The first kappa shape index (κ1) is 55.3. The molecule has 0 amide bonds. The van der Waals surface area contributed by atoms with Crippen molar-refractivity contribution in [1.29, 1.82) is 0 Å². The minimum atomic E-state index is -1.52. The van der Waals surface area contributed by atoms with E-state index >= 15 is 0 Å². The van der Waals surface area contributed by atoms with Crippen molar-refractivity contribution >= 4 is 156 Å². The van der Waals surface area contributed by atoms with Gasteiger partial charge in [-0.3, -0.25) is 0 Å². The van der Waals surface area contributed by atoms with E-state index in [4.69, 9.17) is 0 Å². The summed E-state index contributed by atoms with van der Waals surface area (Å²) in [5.41, 5.74) is 13.0. The van der Waals surface area contributed by atoms with Crippen molar-refractivity contribution in [3.8, 4) is 55.6 Å². The molecule has 0 bridgehead atoms. The smallest absolute Gasteiger partial charge is 0.423 e. The van der Waals surface area contributed by atoms with Crippen LogP contribution in [0.15, 0.2) is 320 Å². The van der Waals surface area contributed by atoms with Crippen LogP contribution >= 0.6 is 38.6 Å². The number of rotatable bonds is 6. The quantitative estimate of drug-likeness (QED) is 0.129. The van der Waals surface area contributed by atoms with E-state index in [1.54, 1.807) is 0 Å². The van der Waals surface area contributed by atoms with Crippen LogP contribution in [0, 0.1) is 0 Å². The van der Waals surface area contributed by atoms with Gasteiger partial charge in [0.1, 0.15) is 0 Å². The summed E-state index contributed by atoms with van der Waals surface area (Å²) >= 11 is 7.33. The zero-order valence-corrected chi connectivity index (χ0v) is 51.9. The zero-order chi connectivity index (χ0) is 60.2. The molecule has 18 aromatic rings. The van der Waals surface area contributed by atoms with Gasteiger partial charge in [0.05, 0.1) is 0 Å². The van der Waals surface area contributed by atoms with Gasteiger partial charge in [0, 0.05) is 44.8 Å². The monoisotopic (exact) mass is 1250 g/mol. The third kappa shape index (κ3) is 9.91. The number of benzene rings is 16. The lowest BCUT2D eigenvalue weighted by Crippen LogP contribution is -2.31. The van der Waals surface area contributed by atoms with E-state index in [0.717, 1.165) is 37.1 Å². The molecule has 0 aliphatic carbocycles. The van der Waals surface area contributed by atoms with Gasteiger partial charge in [-0.25, -0.2) is 0 Å². The molecule has 2 N–H and O–H groups in total. The molecule has 0 radical (unpaired) electrons. The fourth-order valence-corrected chi connectivity index (χ4v) is 16.5. The summed E-state index contributed by atoms with van der Waals surface area (Å²) in [7, 11) is -1.52. The molecule has 16 aromatic carbocycles. The van der Waals surface area contributed by atoms with E-state index in [2.05, 4.69) is 283 Å². The van der Waals surface area contributed by atoms with Crippen molar-refractivity contribution in [2.75, 3.05) is 0 Å². The summed E-state index contributed by atoms with van der Waals surface area (Å²) in [6.07, 6.45) is 0. The highest BCUT2D eigenvalue weighted by Crippen LogP contribution is 2.47. The Labute approximate surface area is 537 Å². The molecule has 2 aromatic heterocycles. The second-order valence-electron chi connectivity index (χ2n) is 22.9. The summed E-state index contributed by atoms with van der Waals surface area (Å²) in [5.74, 6) is 0.